The van der Waals surface area contributed by atoms with Crippen LogP contribution in [0.3, 0.4) is 0 Å². The predicted molar refractivity (Wildman–Crippen MR) is 68.1 cm³/mol. The monoisotopic (exact) mass is 209 g/mol. The summed E-state index contributed by atoms with van der Waals surface area (Å²) in [6.07, 6.45) is 8.50. The quantitative estimate of drug-likeness (QED) is 0.475. The molecule has 0 aliphatic carbocycles. The summed E-state index contributed by atoms with van der Waals surface area (Å²) in [7, 11) is 0. The summed E-state index contributed by atoms with van der Waals surface area (Å²) in [5.74, 6) is 0. The Morgan fingerprint density at radius 2 is 1.87 bits per heavy atom. The number of hydrogen-bond donors (Lipinski definition) is 0. The average Bonchev–Trinajstić information content (AvgIpc) is 2.21. The summed E-state index contributed by atoms with van der Waals surface area (Å²) in [6.45, 7) is 13.8. The van der Waals surface area contributed by atoms with Gasteiger partial charge in [0, 0.05) is 12.4 Å². The van der Waals surface area contributed by atoms with Crippen molar-refractivity contribution in [3.8, 4) is 0 Å². The normalized spacial score (nSPS) is 11.8. The second kappa shape index (κ2) is 9.13. The molecule has 0 saturated carbocycles. The van der Waals surface area contributed by atoms with Crippen LogP contribution in [-0.4, -0.2) is 6.21 Å². The Bertz CT molecular complexity index is 296. The van der Waals surface area contributed by atoms with Crippen molar-refractivity contribution in [2.75, 3.05) is 0 Å². The van der Waals surface area contributed by atoms with E-state index >= 15 is 0 Å². The predicted octanol–water partition coefficient (Wildman–Crippen LogP) is 4.21. The molecule has 2 heteroatoms. The minimum Gasteiger partial charge on any atom is -0.269 e. The van der Waals surface area contributed by atoms with E-state index in [9.17, 15) is 0 Å². The van der Waals surface area contributed by atoms with E-state index in [4.69, 9.17) is 0 Å². The minimum atomic E-state index is 0. The van der Waals surface area contributed by atoms with E-state index in [2.05, 4.69) is 25.1 Å². The Kier molecular flexibility index (Phi) is 9.74. The average molecular weight is 209 g/mol. The Balaban J connectivity index is 0. The Labute approximate surface area is 92.0 Å². The molecule has 1 nitrogen and oxygen atoms in total. The highest BCUT2D eigenvalue weighted by atomic mass is 19.0. The molecule has 15 heavy (non-hydrogen) atoms. The highest BCUT2D eigenvalue weighted by Gasteiger charge is 1.90. The molecule has 0 heterocycles. The first-order valence-electron chi connectivity index (χ1n) is 4.81. The van der Waals surface area contributed by atoms with Gasteiger partial charge in [-0.3, -0.25) is 9.70 Å². The van der Waals surface area contributed by atoms with Crippen LogP contribution in [0.1, 0.15) is 27.2 Å². The number of rotatable bonds is 5. The Morgan fingerprint density at radius 3 is 2.33 bits per heavy atom. The van der Waals surface area contributed by atoms with Crippen molar-refractivity contribution in [2.24, 2.45) is 4.99 Å². The van der Waals surface area contributed by atoms with Crippen LogP contribution in [0.15, 0.2) is 53.2 Å². The molecule has 0 bridgehead atoms. The summed E-state index contributed by atoms with van der Waals surface area (Å²) < 4.78 is 0. The molecule has 0 aromatic heterocycles. The highest BCUT2D eigenvalue weighted by molar-refractivity contribution is 5.55. The zero-order valence-electron chi connectivity index (χ0n) is 9.79. The van der Waals surface area contributed by atoms with Gasteiger partial charge in [-0.05, 0) is 31.4 Å². The molecule has 0 aromatic rings. The molecule has 0 rings (SSSR count). The van der Waals surface area contributed by atoms with E-state index in [-0.39, 0.29) is 4.70 Å². The van der Waals surface area contributed by atoms with Crippen LogP contribution in [0.25, 0.3) is 0 Å². The third-order valence-corrected chi connectivity index (χ3v) is 1.90. The summed E-state index contributed by atoms with van der Waals surface area (Å²) in [5, 5.41) is 0. The number of nitrogens with zero attached hydrogens (tertiary/aromatic N) is 1. The lowest BCUT2D eigenvalue weighted by Gasteiger charge is -1.98. The maximum absolute atomic E-state index is 4.04. The van der Waals surface area contributed by atoms with Gasteiger partial charge in [0.25, 0.3) is 0 Å². The summed E-state index contributed by atoms with van der Waals surface area (Å²) in [4.78, 5) is 4.04. The van der Waals surface area contributed by atoms with Crippen molar-refractivity contribution in [2.45, 2.75) is 27.2 Å². The molecule has 0 radical (unpaired) electrons. The van der Waals surface area contributed by atoms with Gasteiger partial charge in [0.1, 0.15) is 0 Å². The lowest BCUT2D eigenvalue weighted by molar-refractivity contribution is 1.11. The Morgan fingerprint density at radius 1 is 1.27 bits per heavy atom. The maximum Gasteiger partial charge on any atom is 0.0298 e. The van der Waals surface area contributed by atoms with Gasteiger partial charge in [0.15, 0.2) is 0 Å². The molecule has 84 valence electrons. The fourth-order valence-electron chi connectivity index (χ4n) is 0.737. The molecule has 0 aliphatic rings. The smallest absolute Gasteiger partial charge is 0.0298 e. The first kappa shape index (κ1) is 16.0. The van der Waals surface area contributed by atoms with E-state index in [1.165, 1.54) is 0 Å². The van der Waals surface area contributed by atoms with Gasteiger partial charge in [0.2, 0.25) is 0 Å². The van der Waals surface area contributed by atoms with Gasteiger partial charge in [0.05, 0.1) is 0 Å². The number of hydrogen-bond acceptors (Lipinski definition) is 1. The molecule has 0 atom stereocenters. The number of halogens is 1. The molecule has 0 fully saturated rings. The molecule has 0 amide bonds. The van der Waals surface area contributed by atoms with Crippen LogP contribution >= 0.6 is 0 Å². The van der Waals surface area contributed by atoms with Crippen LogP contribution in [0, 0.1) is 0 Å². The second-order valence-corrected chi connectivity index (χ2v) is 3.09. The van der Waals surface area contributed by atoms with Crippen LogP contribution in [0.2, 0.25) is 0 Å². The van der Waals surface area contributed by atoms with Gasteiger partial charge in [-0.25, -0.2) is 0 Å². The fourth-order valence-corrected chi connectivity index (χ4v) is 0.737. The minimum absolute atomic E-state index is 0. The SMILES string of the molecule is C=C(/C=C\C(=C)/C(C)=C/N=CC)CC.F. The van der Waals surface area contributed by atoms with E-state index < -0.39 is 0 Å². The lowest BCUT2D eigenvalue weighted by Crippen LogP contribution is -1.79. The van der Waals surface area contributed by atoms with Gasteiger partial charge in [-0.1, -0.05) is 37.8 Å². The molecule has 0 spiro atoms. The zero-order valence-corrected chi connectivity index (χ0v) is 9.79. The maximum atomic E-state index is 4.04. The van der Waals surface area contributed by atoms with E-state index in [1.54, 1.807) is 12.4 Å². The van der Waals surface area contributed by atoms with Gasteiger partial charge in [-0.15, -0.1) is 0 Å². The Hall–Kier alpha value is -1.44. The molecule has 0 unspecified atom stereocenters. The molecule has 0 aliphatic heterocycles. The third kappa shape index (κ3) is 7.62. The second-order valence-electron chi connectivity index (χ2n) is 3.09. The largest absolute Gasteiger partial charge is 0.269 e. The first-order valence-corrected chi connectivity index (χ1v) is 4.81. The molecular formula is C13H20FN. The molecular weight excluding hydrogens is 189 g/mol. The van der Waals surface area contributed by atoms with Crippen molar-refractivity contribution in [3.05, 3.63) is 48.2 Å². The van der Waals surface area contributed by atoms with Crippen LogP contribution < -0.4 is 0 Å². The van der Waals surface area contributed by atoms with Crippen molar-refractivity contribution in [1.29, 1.82) is 0 Å². The molecule has 0 aromatic carbocycles. The van der Waals surface area contributed by atoms with Crippen molar-refractivity contribution >= 4 is 6.21 Å². The standard InChI is InChI=1S/C13H19N.FH/c1-6-11(3)8-9-12(4)13(5)10-14-7-2;/h7-10H,3-4,6H2,1-2,5H3;1H/b9-8-,13-10+,14-7?;. The van der Waals surface area contributed by atoms with Gasteiger partial charge >= 0.3 is 0 Å². The first-order chi connectivity index (χ1) is 6.61. The summed E-state index contributed by atoms with van der Waals surface area (Å²) in [5.41, 5.74) is 3.16. The van der Waals surface area contributed by atoms with E-state index in [0.29, 0.717) is 0 Å². The van der Waals surface area contributed by atoms with Gasteiger partial charge in [-0.2, -0.15) is 0 Å². The topological polar surface area (TPSA) is 12.4 Å². The highest BCUT2D eigenvalue weighted by Crippen LogP contribution is 2.10. The number of allylic oxidation sites excluding steroid dienone is 5. The molecule has 0 saturated heterocycles. The fraction of sp³-hybridized carbons (Fsp3) is 0.308. The van der Waals surface area contributed by atoms with Crippen LogP contribution in [-0.2, 0) is 0 Å². The van der Waals surface area contributed by atoms with Crippen molar-refractivity contribution in [1.82, 2.24) is 0 Å². The molecule has 0 N–H and O–H groups in total. The van der Waals surface area contributed by atoms with E-state index in [1.807, 2.05) is 26.0 Å². The van der Waals surface area contributed by atoms with E-state index in [0.717, 1.165) is 23.1 Å². The lowest BCUT2D eigenvalue weighted by atomic mass is 10.1. The number of aliphatic imine (C=N–C) groups is 1. The zero-order chi connectivity index (χ0) is 11.0. The van der Waals surface area contributed by atoms with Crippen molar-refractivity contribution < 1.29 is 4.70 Å². The van der Waals surface area contributed by atoms with Crippen LogP contribution in [0.5, 0.6) is 0 Å². The third-order valence-electron chi connectivity index (χ3n) is 1.90. The van der Waals surface area contributed by atoms with Crippen molar-refractivity contribution in [3.63, 3.8) is 0 Å². The van der Waals surface area contributed by atoms with Crippen LogP contribution in [0.4, 0.5) is 4.70 Å². The summed E-state index contributed by atoms with van der Waals surface area (Å²) in [6, 6.07) is 0. The summed E-state index contributed by atoms with van der Waals surface area (Å²) >= 11 is 0. The van der Waals surface area contributed by atoms with Gasteiger partial charge < -0.3 is 0 Å².